The minimum atomic E-state index is -1.42. The van der Waals surface area contributed by atoms with E-state index in [1.165, 1.54) is 58.5 Å². The maximum Gasteiger partial charge on any atom is 0.157 e. The van der Waals surface area contributed by atoms with Gasteiger partial charge in [-0.3, -0.25) is 0 Å². The SMILES string of the molecule is COC1CCC(CCC2CCC(C3CCC(C)CC3)CC2)C(F)C1F. The normalized spacial score (nSPS) is 46.1. The number of rotatable bonds is 5. The van der Waals surface area contributed by atoms with Crippen LogP contribution in [0.1, 0.15) is 84.0 Å². The molecule has 3 fully saturated rings. The fourth-order valence-electron chi connectivity index (χ4n) is 5.87. The molecule has 0 bridgehead atoms. The average Bonchev–Trinajstić information content (AvgIpc) is 2.64. The van der Waals surface area contributed by atoms with E-state index in [1.807, 2.05) is 0 Å². The zero-order valence-electron chi connectivity index (χ0n) is 16.3. The van der Waals surface area contributed by atoms with Crippen molar-refractivity contribution < 1.29 is 13.5 Å². The van der Waals surface area contributed by atoms with Crippen LogP contribution in [0.25, 0.3) is 0 Å². The Hall–Kier alpha value is -0.180. The van der Waals surface area contributed by atoms with Crippen molar-refractivity contribution in [2.45, 2.75) is 102 Å². The number of hydrogen-bond acceptors (Lipinski definition) is 1. The first-order chi connectivity index (χ1) is 12.1. The van der Waals surface area contributed by atoms with Crippen LogP contribution in [0.5, 0.6) is 0 Å². The summed E-state index contributed by atoms with van der Waals surface area (Å²) in [6.07, 6.45) is 11.3. The molecule has 0 aromatic heterocycles. The molecule has 4 atom stereocenters. The molecule has 0 aromatic rings. The number of ether oxygens (including phenoxy) is 1. The monoisotopic (exact) mass is 356 g/mol. The first-order valence-electron chi connectivity index (χ1n) is 10.9. The lowest BCUT2D eigenvalue weighted by atomic mass is 9.68. The van der Waals surface area contributed by atoms with Crippen LogP contribution in [-0.2, 0) is 4.74 Å². The van der Waals surface area contributed by atoms with E-state index in [4.69, 9.17) is 4.74 Å². The van der Waals surface area contributed by atoms with Crippen molar-refractivity contribution in [1.82, 2.24) is 0 Å². The van der Waals surface area contributed by atoms with Crippen LogP contribution in [0.4, 0.5) is 8.78 Å². The van der Waals surface area contributed by atoms with Crippen molar-refractivity contribution in [3.05, 3.63) is 0 Å². The summed E-state index contributed by atoms with van der Waals surface area (Å²) in [5.74, 6) is 3.53. The molecule has 3 heteroatoms. The van der Waals surface area contributed by atoms with Gasteiger partial charge in [0.2, 0.25) is 0 Å². The molecule has 0 radical (unpaired) electrons. The molecular formula is C22H38F2O. The van der Waals surface area contributed by atoms with Gasteiger partial charge in [-0.15, -0.1) is 0 Å². The molecule has 146 valence electrons. The molecule has 0 N–H and O–H groups in total. The van der Waals surface area contributed by atoms with Gasteiger partial charge in [0.25, 0.3) is 0 Å². The van der Waals surface area contributed by atoms with Crippen LogP contribution in [0.15, 0.2) is 0 Å². The zero-order chi connectivity index (χ0) is 17.8. The summed E-state index contributed by atoms with van der Waals surface area (Å²) in [4.78, 5) is 0. The van der Waals surface area contributed by atoms with E-state index in [1.54, 1.807) is 0 Å². The fraction of sp³-hybridized carbons (Fsp3) is 1.00. The summed E-state index contributed by atoms with van der Waals surface area (Å²) in [5.41, 5.74) is 0. The lowest BCUT2D eigenvalue weighted by Gasteiger charge is -2.38. The molecule has 3 saturated carbocycles. The first-order valence-corrected chi connectivity index (χ1v) is 10.9. The van der Waals surface area contributed by atoms with E-state index in [0.717, 1.165) is 42.9 Å². The van der Waals surface area contributed by atoms with Crippen molar-refractivity contribution in [2.75, 3.05) is 7.11 Å². The molecule has 0 heterocycles. The van der Waals surface area contributed by atoms with E-state index < -0.39 is 18.4 Å². The maximum absolute atomic E-state index is 14.3. The smallest absolute Gasteiger partial charge is 0.157 e. The Labute approximate surface area is 153 Å². The third kappa shape index (κ3) is 4.96. The van der Waals surface area contributed by atoms with Gasteiger partial charge in [-0.1, -0.05) is 39.0 Å². The number of alkyl halides is 2. The van der Waals surface area contributed by atoms with Gasteiger partial charge in [0.15, 0.2) is 6.17 Å². The second-order valence-corrected chi connectivity index (χ2v) is 9.38. The van der Waals surface area contributed by atoms with Crippen LogP contribution in [-0.4, -0.2) is 25.6 Å². The second kappa shape index (κ2) is 9.15. The summed E-state index contributed by atoms with van der Waals surface area (Å²) in [6.45, 7) is 2.40. The molecule has 0 aliphatic heterocycles. The van der Waals surface area contributed by atoms with Crippen molar-refractivity contribution in [3.63, 3.8) is 0 Å². The lowest BCUT2D eigenvalue weighted by Crippen LogP contribution is -2.42. The van der Waals surface area contributed by atoms with E-state index in [0.29, 0.717) is 6.42 Å². The third-order valence-electron chi connectivity index (χ3n) is 7.80. The topological polar surface area (TPSA) is 9.23 Å². The minimum absolute atomic E-state index is 0.0843. The minimum Gasteiger partial charge on any atom is -0.378 e. The van der Waals surface area contributed by atoms with E-state index >= 15 is 0 Å². The first kappa shape index (κ1) is 19.6. The van der Waals surface area contributed by atoms with Gasteiger partial charge in [-0.05, 0) is 74.5 Å². The molecule has 0 aromatic carbocycles. The van der Waals surface area contributed by atoms with Crippen molar-refractivity contribution in [1.29, 1.82) is 0 Å². The molecule has 4 unspecified atom stereocenters. The highest BCUT2D eigenvalue weighted by atomic mass is 19.2. The molecule has 0 saturated heterocycles. The molecule has 3 rings (SSSR count). The van der Waals surface area contributed by atoms with Crippen LogP contribution < -0.4 is 0 Å². The molecule has 0 spiro atoms. The van der Waals surface area contributed by atoms with Crippen LogP contribution in [0, 0.1) is 29.6 Å². The highest BCUT2D eigenvalue weighted by Gasteiger charge is 2.40. The maximum atomic E-state index is 14.3. The predicted octanol–water partition coefficient (Wildman–Crippen LogP) is 6.50. The van der Waals surface area contributed by atoms with E-state index in [9.17, 15) is 8.78 Å². The Morgan fingerprint density at radius 1 is 0.720 bits per heavy atom. The number of methoxy groups -OCH3 is 1. The highest BCUT2D eigenvalue weighted by Crippen LogP contribution is 2.43. The standard InChI is InChI=1S/C22H38F2O/c1-15-3-8-17(9-4-15)18-10-5-16(6-11-18)7-12-19-13-14-20(25-2)22(24)21(19)23/h15-22H,3-14H2,1-2H3. The van der Waals surface area contributed by atoms with Gasteiger partial charge in [-0.25, -0.2) is 8.78 Å². The van der Waals surface area contributed by atoms with Gasteiger partial charge in [-0.2, -0.15) is 0 Å². The van der Waals surface area contributed by atoms with Gasteiger partial charge >= 0.3 is 0 Å². The molecule has 3 aliphatic carbocycles. The quantitative estimate of drug-likeness (QED) is 0.546. The van der Waals surface area contributed by atoms with Crippen molar-refractivity contribution >= 4 is 0 Å². The Kier molecular flexibility index (Phi) is 7.17. The van der Waals surface area contributed by atoms with Crippen LogP contribution in [0.3, 0.4) is 0 Å². The average molecular weight is 357 g/mol. The van der Waals surface area contributed by atoms with Gasteiger partial charge in [0, 0.05) is 7.11 Å². The Bertz CT molecular complexity index is 385. The summed E-state index contributed by atoms with van der Waals surface area (Å²) in [7, 11) is 1.50. The van der Waals surface area contributed by atoms with E-state index in [-0.39, 0.29) is 5.92 Å². The summed E-state index contributed by atoms with van der Waals surface area (Å²) >= 11 is 0. The zero-order valence-corrected chi connectivity index (χ0v) is 16.3. The lowest BCUT2D eigenvalue weighted by molar-refractivity contribution is -0.0583. The summed E-state index contributed by atoms with van der Waals surface area (Å²) in [6, 6.07) is 0. The van der Waals surface area contributed by atoms with Crippen molar-refractivity contribution in [3.8, 4) is 0 Å². The molecule has 0 amide bonds. The Morgan fingerprint density at radius 3 is 1.92 bits per heavy atom. The summed E-state index contributed by atoms with van der Waals surface area (Å²) in [5, 5.41) is 0. The summed E-state index contributed by atoms with van der Waals surface area (Å²) < 4.78 is 33.4. The van der Waals surface area contributed by atoms with E-state index in [2.05, 4.69) is 6.92 Å². The second-order valence-electron chi connectivity index (χ2n) is 9.38. The van der Waals surface area contributed by atoms with Gasteiger partial charge in [0.05, 0.1) is 6.10 Å². The predicted molar refractivity (Wildman–Crippen MR) is 99.1 cm³/mol. The number of hydrogen-bond donors (Lipinski definition) is 0. The largest absolute Gasteiger partial charge is 0.378 e. The third-order valence-corrected chi connectivity index (χ3v) is 7.80. The van der Waals surface area contributed by atoms with Crippen LogP contribution >= 0.6 is 0 Å². The van der Waals surface area contributed by atoms with Gasteiger partial charge < -0.3 is 4.74 Å². The van der Waals surface area contributed by atoms with Gasteiger partial charge in [0.1, 0.15) is 6.17 Å². The fourth-order valence-corrected chi connectivity index (χ4v) is 5.87. The molecular weight excluding hydrogens is 318 g/mol. The Morgan fingerprint density at radius 2 is 1.32 bits per heavy atom. The molecule has 25 heavy (non-hydrogen) atoms. The Balaban J connectivity index is 1.37. The highest BCUT2D eigenvalue weighted by molar-refractivity contribution is 4.89. The molecule has 3 aliphatic rings. The van der Waals surface area contributed by atoms with Crippen molar-refractivity contribution in [2.24, 2.45) is 29.6 Å². The van der Waals surface area contributed by atoms with Crippen LogP contribution in [0.2, 0.25) is 0 Å². The number of halogens is 2. The molecule has 1 nitrogen and oxygen atoms in total.